The van der Waals surface area contributed by atoms with E-state index in [4.69, 9.17) is 16.2 Å². The van der Waals surface area contributed by atoms with Gasteiger partial charge in [-0.05, 0) is 11.6 Å². The number of nitrogens with two attached hydrogens (primary N) is 2. The molecule has 18 heavy (non-hydrogen) atoms. The lowest BCUT2D eigenvalue weighted by Crippen LogP contribution is -2.25. The molecule has 0 aliphatic heterocycles. The second-order valence-corrected chi connectivity index (χ2v) is 3.88. The summed E-state index contributed by atoms with van der Waals surface area (Å²) in [6.45, 7) is 1.79. The quantitative estimate of drug-likeness (QED) is 0.566. The first kappa shape index (κ1) is 13.9. The van der Waals surface area contributed by atoms with Crippen LogP contribution in [0.1, 0.15) is 12.5 Å². The Morgan fingerprint density at radius 2 is 2.22 bits per heavy atom. The molecule has 0 bridgehead atoms. The predicted molar refractivity (Wildman–Crippen MR) is 64.8 cm³/mol. The molecule has 0 spiro atoms. The van der Waals surface area contributed by atoms with E-state index < -0.39 is 16.7 Å². The van der Waals surface area contributed by atoms with Crippen molar-refractivity contribution in [2.24, 2.45) is 17.4 Å². The molecule has 0 saturated heterocycles. The molecule has 1 amide bonds. The number of ether oxygens (including phenoxy) is 1. The minimum Gasteiger partial charge on any atom is -0.486 e. The van der Waals surface area contributed by atoms with Gasteiger partial charge in [-0.3, -0.25) is 14.9 Å². The maximum absolute atomic E-state index is 10.9. The SMILES string of the molecule is CC(COc1ccc(CN)cc1[N+](=O)[O-])C(N)=O. The van der Waals surface area contributed by atoms with E-state index in [1.54, 1.807) is 13.0 Å². The van der Waals surface area contributed by atoms with E-state index in [0.717, 1.165) is 0 Å². The summed E-state index contributed by atoms with van der Waals surface area (Å²) in [6, 6.07) is 4.45. The molecule has 0 heterocycles. The van der Waals surface area contributed by atoms with Crippen molar-refractivity contribution in [2.45, 2.75) is 13.5 Å². The zero-order valence-corrected chi connectivity index (χ0v) is 9.96. The Labute approximate surface area is 104 Å². The van der Waals surface area contributed by atoms with Crippen LogP contribution < -0.4 is 16.2 Å². The molecule has 0 saturated carbocycles. The average Bonchev–Trinajstić information content (AvgIpc) is 2.35. The van der Waals surface area contributed by atoms with Gasteiger partial charge in [-0.25, -0.2) is 0 Å². The molecule has 1 atom stereocenters. The first-order valence-corrected chi connectivity index (χ1v) is 5.35. The fourth-order valence-corrected chi connectivity index (χ4v) is 1.25. The van der Waals surface area contributed by atoms with E-state index in [1.165, 1.54) is 12.1 Å². The van der Waals surface area contributed by atoms with Crippen molar-refractivity contribution in [1.29, 1.82) is 0 Å². The maximum Gasteiger partial charge on any atom is 0.311 e. The number of hydrogen-bond donors (Lipinski definition) is 2. The van der Waals surface area contributed by atoms with Gasteiger partial charge in [-0.2, -0.15) is 0 Å². The molecule has 1 unspecified atom stereocenters. The summed E-state index contributed by atoms with van der Waals surface area (Å²) in [5.41, 5.74) is 10.9. The molecule has 1 rings (SSSR count). The van der Waals surface area contributed by atoms with Gasteiger partial charge in [0.15, 0.2) is 5.75 Å². The molecular formula is C11H15N3O4. The van der Waals surface area contributed by atoms with Crippen molar-refractivity contribution in [3.8, 4) is 5.75 Å². The Balaban J connectivity index is 2.88. The van der Waals surface area contributed by atoms with Gasteiger partial charge in [0.1, 0.15) is 0 Å². The number of rotatable bonds is 6. The van der Waals surface area contributed by atoms with E-state index >= 15 is 0 Å². The minimum atomic E-state index is -0.552. The molecule has 98 valence electrons. The average molecular weight is 253 g/mol. The van der Waals surface area contributed by atoms with Crippen LogP contribution in [-0.2, 0) is 11.3 Å². The molecule has 0 fully saturated rings. The molecule has 0 aromatic heterocycles. The number of primary amides is 1. The lowest BCUT2D eigenvalue weighted by Gasteiger charge is -2.10. The fraction of sp³-hybridized carbons (Fsp3) is 0.364. The van der Waals surface area contributed by atoms with Gasteiger partial charge in [0, 0.05) is 12.6 Å². The Hall–Kier alpha value is -2.15. The molecule has 0 aliphatic carbocycles. The highest BCUT2D eigenvalue weighted by molar-refractivity contribution is 5.76. The van der Waals surface area contributed by atoms with Crippen molar-refractivity contribution in [1.82, 2.24) is 0 Å². The molecule has 0 radical (unpaired) electrons. The van der Waals surface area contributed by atoms with Gasteiger partial charge in [0.2, 0.25) is 5.91 Å². The number of benzene rings is 1. The number of carbonyl (C=O) groups is 1. The highest BCUT2D eigenvalue weighted by atomic mass is 16.6. The van der Waals surface area contributed by atoms with Gasteiger partial charge < -0.3 is 16.2 Å². The first-order chi connectivity index (χ1) is 8.45. The summed E-state index contributed by atoms with van der Waals surface area (Å²) < 4.78 is 5.24. The monoisotopic (exact) mass is 253 g/mol. The summed E-state index contributed by atoms with van der Waals surface area (Å²) in [7, 11) is 0. The van der Waals surface area contributed by atoms with Crippen LogP contribution in [0.2, 0.25) is 0 Å². The number of nitro groups is 1. The lowest BCUT2D eigenvalue weighted by molar-refractivity contribution is -0.386. The van der Waals surface area contributed by atoms with E-state index in [9.17, 15) is 14.9 Å². The van der Waals surface area contributed by atoms with Crippen molar-refractivity contribution < 1.29 is 14.5 Å². The summed E-state index contributed by atoms with van der Waals surface area (Å²) in [6.07, 6.45) is 0. The first-order valence-electron chi connectivity index (χ1n) is 5.35. The van der Waals surface area contributed by atoms with Crippen LogP contribution >= 0.6 is 0 Å². The van der Waals surface area contributed by atoms with Crippen molar-refractivity contribution in [3.63, 3.8) is 0 Å². The van der Waals surface area contributed by atoms with Crippen LogP contribution in [0.4, 0.5) is 5.69 Å². The summed E-state index contributed by atoms with van der Waals surface area (Å²) in [5, 5.41) is 10.9. The topological polar surface area (TPSA) is 121 Å². The van der Waals surface area contributed by atoms with Crippen LogP contribution in [0.25, 0.3) is 0 Å². The zero-order valence-electron chi connectivity index (χ0n) is 9.96. The van der Waals surface area contributed by atoms with Gasteiger partial charge in [-0.15, -0.1) is 0 Å². The Kier molecular flexibility index (Phi) is 4.61. The molecule has 4 N–H and O–H groups in total. The number of nitro benzene ring substituents is 1. The minimum absolute atomic E-state index is 0.00184. The van der Waals surface area contributed by atoms with Gasteiger partial charge in [0.25, 0.3) is 0 Å². The molecule has 7 nitrogen and oxygen atoms in total. The van der Waals surface area contributed by atoms with Crippen LogP contribution in [-0.4, -0.2) is 17.4 Å². The highest BCUT2D eigenvalue weighted by Crippen LogP contribution is 2.28. The third kappa shape index (κ3) is 3.42. The van der Waals surface area contributed by atoms with Gasteiger partial charge in [0.05, 0.1) is 17.4 Å². The van der Waals surface area contributed by atoms with Gasteiger partial charge >= 0.3 is 5.69 Å². The van der Waals surface area contributed by atoms with Crippen molar-refractivity contribution in [3.05, 3.63) is 33.9 Å². The Morgan fingerprint density at radius 1 is 1.56 bits per heavy atom. The summed E-state index contributed by atoms with van der Waals surface area (Å²) in [5.74, 6) is -0.930. The third-order valence-corrected chi connectivity index (χ3v) is 2.43. The summed E-state index contributed by atoms with van der Waals surface area (Å²) in [4.78, 5) is 21.1. The maximum atomic E-state index is 10.9. The van der Waals surface area contributed by atoms with Crippen LogP contribution in [0.15, 0.2) is 18.2 Å². The van der Waals surface area contributed by atoms with Crippen LogP contribution in [0, 0.1) is 16.0 Å². The van der Waals surface area contributed by atoms with Crippen molar-refractivity contribution >= 4 is 11.6 Å². The molecule has 7 heteroatoms. The second kappa shape index (κ2) is 5.97. The van der Waals surface area contributed by atoms with E-state index in [-0.39, 0.29) is 24.6 Å². The zero-order chi connectivity index (χ0) is 13.7. The molecule has 1 aromatic carbocycles. The number of carbonyl (C=O) groups excluding carboxylic acids is 1. The van der Waals surface area contributed by atoms with Gasteiger partial charge in [-0.1, -0.05) is 13.0 Å². The van der Waals surface area contributed by atoms with E-state index in [1.807, 2.05) is 0 Å². The smallest absolute Gasteiger partial charge is 0.311 e. The lowest BCUT2D eigenvalue weighted by atomic mass is 10.1. The number of hydrogen-bond acceptors (Lipinski definition) is 5. The van der Waals surface area contributed by atoms with E-state index in [2.05, 4.69) is 0 Å². The molecule has 0 aliphatic rings. The predicted octanol–water partition coefficient (Wildman–Crippen LogP) is 0.554. The van der Waals surface area contributed by atoms with E-state index in [0.29, 0.717) is 5.56 Å². The standard InChI is InChI=1S/C11H15N3O4/c1-7(11(13)15)6-18-10-3-2-8(5-12)4-9(10)14(16)17/h2-4,7H,5-6,12H2,1H3,(H2,13,15). The Bertz CT molecular complexity index is 462. The normalized spacial score (nSPS) is 11.9. The number of nitrogens with zero attached hydrogens (tertiary/aromatic N) is 1. The summed E-state index contributed by atoms with van der Waals surface area (Å²) >= 11 is 0. The molecule has 1 aromatic rings. The molecular weight excluding hydrogens is 238 g/mol. The fourth-order valence-electron chi connectivity index (χ4n) is 1.25. The Morgan fingerprint density at radius 3 is 2.72 bits per heavy atom. The van der Waals surface area contributed by atoms with Crippen LogP contribution in [0.3, 0.4) is 0 Å². The second-order valence-electron chi connectivity index (χ2n) is 3.88. The van der Waals surface area contributed by atoms with Crippen LogP contribution in [0.5, 0.6) is 5.75 Å². The third-order valence-electron chi connectivity index (χ3n) is 2.43. The number of amides is 1. The van der Waals surface area contributed by atoms with Crippen molar-refractivity contribution in [2.75, 3.05) is 6.61 Å². The largest absolute Gasteiger partial charge is 0.486 e. The highest BCUT2D eigenvalue weighted by Gasteiger charge is 2.17.